The molecule has 2 heterocycles. The van der Waals surface area contributed by atoms with Crippen LogP contribution in [0.1, 0.15) is 16.1 Å². The van der Waals surface area contributed by atoms with Gasteiger partial charge in [-0.05, 0) is 12.1 Å². The summed E-state index contributed by atoms with van der Waals surface area (Å²) in [7, 11) is 0. The normalized spacial score (nSPS) is 12.8. The van der Waals surface area contributed by atoms with Crippen LogP contribution < -0.4 is 9.47 Å². The van der Waals surface area contributed by atoms with Gasteiger partial charge in [0, 0.05) is 6.54 Å². The largest absolute Gasteiger partial charge is 0.421 e. The van der Waals surface area contributed by atoms with E-state index >= 15 is 0 Å². The second-order valence-electron chi connectivity index (χ2n) is 4.02. The molecule has 0 radical (unpaired) electrons. The van der Waals surface area contributed by atoms with E-state index in [0.717, 1.165) is 11.8 Å². The molecule has 0 aliphatic carbocycles. The van der Waals surface area contributed by atoms with E-state index in [1.165, 1.54) is 0 Å². The number of fused-ring (bicyclic) bond motifs is 1. The quantitative estimate of drug-likeness (QED) is 0.775. The summed E-state index contributed by atoms with van der Waals surface area (Å²) in [5.41, 5.74) is 1.57. The molecular formula is C14H11NO3. The predicted octanol–water partition coefficient (Wildman–Crippen LogP) is 2.59. The monoisotopic (exact) mass is 241 g/mol. The molecule has 1 aliphatic heterocycles. The van der Waals surface area contributed by atoms with E-state index in [2.05, 4.69) is 6.58 Å². The van der Waals surface area contributed by atoms with Gasteiger partial charge in [-0.15, -0.1) is 0 Å². The summed E-state index contributed by atoms with van der Waals surface area (Å²) in [6, 6.07) is 9.88. The highest BCUT2D eigenvalue weighted by atomic mass is 16.7. The molecular weight excluding hydrogens is 230 g/mol. The Bertz CT molecular complexity index is 613. The van der Waals surface area contributed by atoms with Crippen molar-refractivity contribution in [2.75, 3.05) is 0 Å². The summed E-state index contributed by atoms with van der Waals surface area (Å²) < 4.78 is 12.4. The molecule has 0 atom stereocenters. The summed E-state index contributed by atoms with van der Waals surface area (Å²) in [5, 5.41) is 0. The minimum absolute atomic E-state index is 0.204. The topological polar surface area (TPSA) is 40.5 Å². The van der Waals surface area contributed by atoms with Crippen LogP contribution in [0.2, 0.25) is 0 Å². The average Bonchev–Trinajstić information content (AvgIpc) is 2.85. The maximum absolute atomic E-state index is 11.2. The van der Waals surface area contributed by atoms with Crippen LogP contribution in [0.5, 0.6) is 11.5 Å². The van der Waals surface area contributed by atoms with Crippen molar-refractivity contribution in [3.8, 4) is 11.5 Å². The molecule has 0 unspecified atom stereocenters. The lowest BCUT2D eigenvalue weighted by molar-refractivity contribution is 0.111. The molecule has 1 aromatic heterocycles. The highest BCUT2D eigenvalue weighted by Crippen LogP contribution is 2.40. The highest BCUT2D eigenvalue weighted by molar-refractivity contribution is 5.80. The van der Waals surface area contributed by atoms with E-state index in [0.29, 0.717) is 23.7 Å². The standard InChI is InChI=1S/C14H11NO3/c1-10-17-13-8-15(12(9-16)14(13)18-10)7-11-5-3-2-4-6-11/h2-6,8-9H,1,7H2. The zero-order valence-electron chi connectivity index (χ0n) is 9.63. The van der Waals surface area contributed by atoms with Gasteiger partial charge in [-0.1, -0.05) is 30.3 Å². The van der Waals surface area contributed by atoms with Crippen molar-refractivity contribution < 1.29 is 14.3 Å². The SMILES string of the molecule is C=C1Oc2cn(Cc3ccccc3)c(C=O)c2O1. The molecule has 18 heavy (non-hydrogen) atoms. The highest BCUT2D eigenvalue weighted by Gasteiger charge is 2.26. The molecule has 4 heteroatoms. The Hall–Kier alpha value is -2.49. The smallest absolute Gasteiger partial charge is 0.283 e. The molecule has 0 amide bonds. The van der Waals surface area contributed by atoms with E-state index < -0.39 is 0 Å². The fourth-order valence-electron chi connectivity index (χ4n) is 1.99. The van der Waals surface area contributed by atoms with E-state index in [-0.39, 0.29) is 5.95 Å². The first kappa shape index (κ1) is 10.7. The molecule has 1 aliphatic rings. The minimum atomic E-state index is 0.204. The van der Waals surface area contributed by atoms with Gasteiger partial charge in [-0.2, -0.15) is 0 Å². The number of hydrogen-bond acceptors (Lipinski definition) is 3. The molecule has 3 rings (SSSR count). The number of hydrogen-bond donors (Lipinski definition) is 0. The van der Waals surface area contributed by atoms with Crippen molar-refractivity contribution in [2.45, 2.75) is 6.54 Å². The van der Waals surface area contributed by atoms with E-state index in [9.17, 15) is 4.79 Å². The maximum Gasteiger partial charge on any atom is 0.283 e. The van der Waals surface area contributed by atoms with Crippen molar-refractivity contribution in [3.63, 3.8) is 0 Å². The van der Waals surface area contributed by atoms with Crippen LogP contribution in [0.25, 0.3) is 0 Å². The lowest BCUT2D eigenvalue weighted by Gasteiger charge is -2.06. The minimum Gasteiger partial charge on any atom is -0.421 e. The predicted molar refractivity (Wildman–Crippen MR) is 65.8 cm³/mol. The molecule has 0 saturated carbocycles. The van der Waals surface area contributed by atoms with Crippen LogP contribution in [-0.2, 0) is 6.54 Å². The number of ether oxygens (including phenoxy) is 2. The number of aldehydes is 1. The first-order valence-electron chi connectivity index (χ1n) is 5.55. The summed E-state index contributed by atoms with van der Waals surface area (Å²) in [4.78, 5) is 11.2. The maximum atomic E-state index is 11.2. The summed E-state index contributed by atoms with van der Waals surface area (Å²) >= 11 is 0. The first-order valence-corrected chi connectivity index (χ1v) is 5.55. The second-order valence-corrected chi connectivity index (χ2v) is 4.02. The van der Waals surface area contributed by atoms with Gasteiger partial charge in [0.05, 0.1) is 6.20 Å². The van der Waals surface area contributed by atoms with Gasteiger partial charge in [0.15, 0.2) is 12.0 Å². The Morgan fingerprint density at radius 2 is 2.00 bits per heavy atom. The van der Waals surface area contributed by atoms with Gasteiger partial charge < -0.3 is 14.0 Å². The lowest BCUT2D eigenvalue weighted by Crippen LogP contribution is -2.04. The van der Waals surface area contributed by atoms with Gasteiger partial charge in [0.25, 0.3) is 5.95 Å². The molecule has 0 bridgehead atoms. The molecule has 0 spiro atoms. The molecule has 1 aromatic carbocycles. The van der Waals surface area contributed by atoms with Crippen molar-refractivity contribution in [1.29, 1.82) is 0 Å². The second kappa shape index (κ2) is 4.07. The average molecular weight is 241 g/mol. The van der Waals surface area contributed by atoms with Crippen LogP contribution in [0, 0.1) is 0 Å². The third-order valence-electron chi connectivity index (χ3n) is 2.79. The lowest BCUT2D eigenvalue weighted by atomic mass is 10.2. The molecule has 0 fully saturated rings. The van der Waals surface area contributed by atoms with E-state index in [4.69, 9.17) is 9.47 Å². The van der Waals surface area contributed by atoms with Crippen LogP contribution in [0.3, 0.4) is 0 Å². The zero-order valence-corrected chi connectivity index (χ0v) is 9.63. The van der Waals surface area contributed by atoms with Gasteiger partial charge in [0.2, 0.25) is 5.75 Å². The zero-order chi connectivity index (χ0) is 12.5. The number of nitrogens with zero attached hydrogens (tertiary/aromatic N) is 1. The van der Waals surface area contributed by atoms with Crippen molar-refractivity contribution >= 4 is 6.29 Å². The van der Waals surface area contributed by atoms with E-state index in [1.54, 1.807) is 10.8 Å². The fraction of sp³-hybridized carbons (Fsp3) is 0.0714. The van der Waals surface area contributed by atoms with E-state index in [1.807, 2.05) is 30.3 Å². The summed E-state index contributed by atoms with van der Waals surface area (Å²) in [5.74, 6) is 1.19. The van der Waals surface area contributed by atoms with Crippen molar-refractivity contribution in [3.05, 3.63) is 60.3 Å². The molecule has 90 valence electrons. The number of carbonyl (C=O) groups excluding carboxylic acids is 1. The number of benzene rings is 1. The Morgan fingerprint density at radius 3 is 2.72 bits per heavy atom. The van der Waals surface area contributed by atoms with Crippen LogP contribution in [0.15, 0.2) is 49.1 Å². The van der Waals surface area contributed by atoms with Crippen molar-refractivity contribution in [1.82, 2.24) is 4.57 Å². The Kier molecular flexibility index (Phi) is 2.41. The first-order chi connectivity index (χ1) is 8.78. The third-order valence-corrected chi connectivity index (χ3v) is 2.79. The fourth-order valence-corrected chi connectivity index (χ4v) is 1.99. The van der Waals surface area contributed by atoms with Crippen LogP contribution in [-0.4, -0.2) is 10.9 Å². The summed E-state index contributed by atoms with van der Waals surface area (Å²) in [6.45, 7) is 4.16. The summed E-state index contributed by atoms with van der Waals surface area (Å²) in [6.07, 6.45) is 2.52. The molecule has 4 nitrogen and oxygen atoms in total. The van der Waals surface area contributed by atoms with Gasteiger partial charge in [-0.3, -0.25) is 4.79 Å². The Balaban J connectivity index is 1.97. The number of rotatable bonds is 3. The number of aromatic nitrogens is 1. The molecule has 0 saturated heterocycles. The van der Waals surface area contributed by atoms with Gasteiger partial charge >= 0.3 is 0 Å². The Labute approximate surface area is 104 Å². The molecule has 0 N–H and O–H groups in total. The molecule has 2 aromatic rings. The third kappa shape index (κ3) is 1.68. The van der Waals surface area contributed by atoms with Crippen LogP contribution >= 0.6 is 0 Å². The van der Waals surface area contributed by atoms with Gasteiger partial charge in [0.1, 0.15) is 5.69 Å². The van der Waals surface area contributed by atoms with Gasteiger partial charge in [-0.25, -0.2) is 0 Å². The van der Waals surface area contributed by atoms with Crippen molar-refractivity contribution in [2.24, 2.45) is 0 Å². The Morgan fingerprint density at radius 1 is 1.22 bits per heavy atom. The van der Waals surface area contributed by atoms with Crippen LogP contribution in [0.4, 0.5) is 0 Å². The number of carbonyl (C=O) groups is 1.